The topological polar surface area (TPSA) is 0 Å². The molecule has 0 saturated heterocycles. The third-order valence-corrected chi connectivity index (χ3v) is 5.08. The van der Waals surface area contributed by atoms with Crippen LogP contribution in [0.3, 0.4) is 0 Å². The van der Waals surface area contributed by atoms with Crippen molar-refractivity contribution in [3.05, 3.63) is 56.8 Å². The molecule has 1 atom stereocenters. The predicted molar refractivity (Wildman–Crippen MR) is 81.9 cm³/mol. The molecule has 0 N–H and O–H groups in total. The van der Waals surface area contributed by atoms with Crippen molar-refractivity contribution in [3.8, 4) is 0 Å². The van der Waals surface area contributed by atoms with Gasteiger partial charge in [-0.1, -0.05) is 37.6 Å². The van der Waals surface area contributed by atoms with Gasteiger partial charge in [0.05, 0.1) is 5.38 Å². The summed E-state index contributed by atoms with van der Waals surface area (Å²) in [5.41, 5.74) is 3.92. The van der Waals surface area contributed by atoms with E-state index in [1.165, 1.54) is 32.9 Å². The van der Waals surface area contributed by atoms with Gasteiger partial charge in [0.1, 0.15) is 0 Å². The Kier molecular flexibility index (Phi) is 4.47. The van der Waals surface area contributed by atoms with Crippen molar-refractivity contribution in [2.45, 2.75) is 39.0 Å². The van der Waals surface area contributed by atoms with Crippen LogP contribution in [0.1, 0.15) is 45.2 Å². The molecule has 1 unspecified atom stereocenters. The number of aryl methyl sites for hydroxylation is 3. The molecule has 0 radical (unpaired) electrons. The van der Waals surface area contributed by atoms with E-state index >= 15 is 0 Å². The lowest BCUT2D eigenvalue weighted by molar-refractivity contribution is 0.920. The standard InChI is InChI=1S/C16H19ClS/c1-4-5-13-6-8-14(9-7-13)16(17)15-10-11(2)12(3)18-15/h6-10,16H,4-5H2,1-3H3. The average Bonchev–Trinajstić information content (AvgIpc) is 2.70. The summed E-state index contributed by atoms with van der Waals surface area (Å²) >= 11 is 8.36. The van der Waals surface area contributed by atoms with E-state index in [1.807, 2.05) is 0 Å². The second-order valence-electron chi connectivity index (χ2n) is 4.74. The molecular formula is C16H19ClS. The highest BCUT2D eigenvalue weighted by molar-refractivity contribution is 7.12. The summed E-state index contributed by atoms with van der Waals surface area (Å²) in [6.45, 7) is 6.50. The summed E-state index contributed by atoms with van der Waals surface area (Å²) < 4.78 is 0. The highest BCUT2D eigenvalue weighted by atomic mass is 35.5. The molecule has 1 heterocycles. The van der Waals surface area contributed by atoms with Gasteiger partial charge < -0.3 is 0 Å². The molecule has 0 bridgehead atoms. The molecule has 2 rings (SSSR count). The number of rotatable bonds is 4. The lowest BCUT2D eigenvalue weighted by Gasteiger charge is -2.08. The fourth-order valence-corrected chi connectivity index (χ4v) is 3.42. The first-order valence-corrected chi connectivity index (χ1v) is 7.67. The van der Waals surface area contributed by atoms with E-state index in [9.17, 15) is 0 Å². The van der Waals surface area contributed by atoms with Crippen molar-refractivity contribution >= 4 is 22.9 Å². The summed E-state index contributed by atoms with van der Waals surface area (Å²) in [4.78, 5) is 2.60. The maximum atomic E-state index is 6.56. The maximum Gasteiger partial charge on any atom is 0.0927 e. The summed E-state index contributed by atoms with van der Waals surface area (Å²) in [7, 11) is 0. The smallest absolute Gasteiger partial charge is 0.0927 e. The van der Waals surface area contributed by atoms with Gasteiger partial charge in [0.25, 0.3) is 0 Å². The maximum absolute atomic E-state index is 6.56. The van der Waals surface area contributed by atoms with Crippen LogP contribution in [0.5, 0.6) is 0 Å². The van der Waals surface area contributed by atoms with Gasteiger partial charge >= 0.3 is 0 Å². The zero-order valence-electron chi connectivity index (χ0n) is 11.2. The van der Waals surface area contributed by atoms with E-state index in [0.29, 0.717) is 0 Å². The van der Waals surface area contributed by atoms with Crippen LogP contribution in [0.4, 0.5) is 0 Å². The first-order chi connectivity index (χ1) is 8.61. The Balaban J connectivity index is 2.20. The molecule has 0 fully saturated rings. The minimum Gasteiger partial charge on any atom is -0.143 e. The van der Waals surface area contributed by atoms with Crippen molar-refractivity contribution in [2.24, 2.45) is 0 Å². The number of benzene rings is 1. The van der Waals surface area contributed by atoms with E-state index in [2.05, 4.69) is 51.1 Å². The minimum absolute atomic E-state index is 0.0157. The van der Waals surface area contributed by atoms with E-state index in [4.69, 9.17) is 11.6 Å². The quantitative estimate of drug-likeness (QED) is 0.634. The lowest BCUT2D eigenvalue weighted by Crippen LogP contribution is -1.91. The number of hydrogen-bond acceptors (Lipinski definition) is 1. The summed E-state index contributed by atoms with van der Waals surface area (Å²) in [6, 6.07) is 10.9. The molecule has 1 aromatic heterocycles. The van der Waals surface area contributed by atoms with Crippen LogP contribution in [-0.2, 0) is 6.42 Å². The highest BCUT2D eigenvalue weighted by Gasteiger charge is 2.14. The Labute approximate surface area is 119 Å². The third-order valence-electron chi connectivity index (χ3n) is 3.25. The van der Waals surface area contributed by atoms with Gasteiger partial charge in [-0.05, 0) is 43.0 Å². The van der Waals surface area contributed by atoms with Crippen LogP contribution < -0.4 is 0 Å². The number of alkyl halides is 1. The molecule has 0 amide bonds. The van der Waals surface area contributed by atoms with E-state index in [1.54, 1.807) is 11.3 Å². The molecule has 0 spiro atoms. The Hall–Kier alpha value is -0.790. The minimum atomic E-state index is -0.0157. The first kappa shape index (κ1) is 13.6. The van der Waals surface area contributed by atoms with Crippen molar-refractivity contribution < 1.29 is 0 Å². The van der Waals surface area contributed by atoms with Crippen LogP contribution in [0.25, 0.3) is 0 Å². The summed E-state index contributed by atoms with van der Waals surface area (Å²) in [5.74, 6) is 0. The fourth-order valence-electron chi connectivity index (χ4n) is 2.03. The number of halogens is 1. The molecule has 2 heteroatoms. The summed E-state index contributed by atoms with van der Waals surface area (Å²) in [6.07, 6.45) is 2.33. The fraction of sp³-hybridized carbons (Fsp3) is 0.375. The Morgan fingerprint density at radius 1 is 1.17 bits per heavy atom. The van der Waals surface area contributed by atoms with Gasteiger partial charge in [-0.25, -0.2) is 0 Å². The zero-order valence-corrected chi connectivity index (χ0v) is 12.7. The monoisotopic (exact) mass is 278 g/mol. The molecule has 2 aromatic rings. The SMILES string of the molecule is CCCc1ccc(C(Cl)c2cc(C)c(C)s2)cc1. The van der Waals surface area contributed by atoms with E-state index < -0.39 is 0 Å². The van der Waals surface area contributed by atoms with E-state index in [0.717, 1.165) is 6.42 Å². The number of hydrogen-bond donors (Lipinski definition) is 0. The van der Waals surface area contributed by atoms with Crippen molar-refractivity contribution in [1.82, 2.24) is 0 Å². The van der Waals surface area contributed by atoms with E-state index in [-0.39, 0.29) is 5.38 Å². The first-order valence-electron chi connectivity index (χ1n) is 6.41. The molecule has 96 valence electrons. The molecule has 0 aliphatic heterocycles. The van der Waals surface area contributed by atoms with Gasteiger partial charge in [0, 0.05) is 9.75 Å². The molecular weight excluding hydrogens is 260 g/mol. The Bertz CT molecular complexity index is 491. The van der Waals surface area contributed by atoms with Gasteiger partial charge in [-0.2, -0.15) is 0 Å². The highest BCUT2D eigenvalue weighted by Crippen LogP contribution is 2.35. The normalized spacial score (nSPS) is 12.7. The molecule has 0 nitrogen and oxygen atoms in total. The number of thiophene rings is 1. The van der Waals surface area contributed by atoms with Crippen molar-refractivity contribution in [1.29, 1.82) is 0 Å². The Morgan fingerprint density at radius 2 is 1.83 bits per heavy atom. The molecule has 1 aromatic carbocycles. The largest absolute Gasteiger partial charge is 0.143 e. The van der Waals surface area contributed by atoms with Crippen LogP contribution >= 0.6 is 22.9 Å². The second kappa shape index (κ2) is 5.90. The van der Waals surface area contributed by atoms with Crippen LogP contribution in [0.2, 0.25) is 0 Å². The zero-order chi connectivity index (χ0) is 13.1. The molecule has 0 saturated carbocycles. The van der Waals surface area contributed by atoms with Gasteiger partial charge in [0.15, 0.2) is 0 Å². The van der Waals surface area contributed by atoms with Gasteiger partial charge in [-0.15, -0.1) is 22.9 Å². The van der Waals surface area contributed by atoms with Gasteiger partial charge in [-0.3, -0.25) is 0 Å². The second-order valence-corrected chi connectivity index (χ2v) is 6.47. The lowest BCUT2D eigenvalue weighted by atomic mass is 10.0. The third kappa shape index (κ3) is 2.96. The van der Waals surface area contributed by atoms with Crippen molar-refractivity contribution in [2.75, 3.05) is 0 Å². The van der Waals surface area contributed by atoms with Crippen LogP contribution in [0.15, 0.2) is 30.3 Å². The van der Waals surface area contributed by atoms with Crippen molar-refractivity contribution in [3.63, 3.8) is 0 Å². The Morgan fingerprint density at radius 3 is 2.33 bits per heavy atom. The average molecular weight is 279 g/mol. The van der Waals surface area contributed by atoms with Crippen LogP contribution in [-0.4, -0.2) is 0 Å². The molecule has 18 heavy (non-hydrogen) atoms. The molecule has 0 aliphatic rings. The summed E-state index contributed by atoms with van der Waals surface area (Å²) in [5, 5.41) is -0.0157. The molecule has 0 aliphatic carbocycles. The predicted octanol–water partition coefficient (Wildman–Crippen LogP) is 5.65. The van der Waals surface area contributed by atoms with Gasteiger partial charge in [0.2, 0.25) is 0 Å². The van der Waals surface area contributed by atoms with Crippen LogP contribution in [0, 0.1) is 13.8 Å².